The molecule has 0 bridgehead atoms. The van der Waals surface area contributed by atoms with Gasteiger partial charge in [-0.25, -0.2) is 4.98 Å². The summed E-state index contributed by atoms with van der Waals surface area (Å²) < 4.78 is 1.82. The number of benzene rings is 2. The van der Waals surface area contributed by atoms with Crippen LogP contribution in [0.15, 0.2) is 67.3 Å². The third-order valence-corrected chi connectivity index (χ3v) is 3.87. The number of nitrogens with one attached hydrogen (secondary N) is 2. The Bertz CT molecular complexity index is 784. The lowest BCUT2D eigenvalue weighted by molar-refractivity contribution is -0.114. The second kappa shape index (κ2) is 8.21. The monoisotopic (exact) mass is 335 g/mol. The van der Waals surface area contributed by atoms with Gasteiger partial charge < -0.3 is 10.6 Å². The van der Waals surface area contributed by atoms with Crippen LogP contribution in [0.25, 0.3) is 0 Å². The highest BCUT2D eigenvalue weighted by molar-refractivity contribution is 5.88. The summed E-state index contributed by atoms with van der Waals surface area (Å²) >= 11 is 0. The van der Waals surface area contributed by atoms with Crippen molar-refractivity contribution in [3.63, 3.8) is 0 Å². The predicted octanol–water partition coefficient (Wildman–Crippen LogP) is 2.77. The normalized spacial score (nSPS) is 11.9. The van der Waals surface area contributed by atoms with Gasteiger partial charge in [-0.1, -0.05) is 42.5 Å². The molecule has 3 rings (SSSR count). The second-order valence-corrected chi connectivity index (χ2v) is 5.84. The molecule has 2 aromatic carbocycles. The van der Waals surface area contributed by atoms with Gasteiger partial charge in [-0.2, -0.15) is 5.10 Å². The van der Waals surface area contributed by atoms with E-state index in [4.69, 9.17) is 0 Å². The Morgan fingerprint density at radius 2 is 1.88 bits per heavy atom. The SMILES string of the molecule is CC(=O)Nc1ccc(CN[C@H](Cn2cncn2)c2ccccc2)cc1. The van der Waals surface area contributed by atoms with Crippen LogP contribution in [0.2, 0.25) is 0 Å². The Morgan fingerprint density at radius 3 is 2.52 bits per heavy atom. The predicted molar refractivity (Wildman–Crippen MR) is 96.8 cm³/mol. The number of hydrogen-bond acceptors (Lipinski definition) is 4. The Kier molecular flexibility index (Phi) is 5.53. The molecule has 1 heterocycles. The molecule has 0 saturated heterocycles. The van der Waals surface area contributed by atoms with Gasteiger partial charge in [0, 0.05) is 19.2 Å². The number of anilines is 1. The van der Waals surface area contributed by atoms with Crippen molar-refractivity contribution < 1.29 is 4.79 Å². The Labute approximate surface area is 146 Å². The third kappa shape index (κ3) is 4.99. The van der Waals surface area contributed by atoms with Gasteiger partial charge in [0.2, 0.25) is 5.91 Å². The van der Waals surface area contributed by atoms with E-state index in [9.17, 15) is 4.79 Å². The number of carbonyl (C=O) groups is 1. The molecule has 0 fully saturated rings. The van der Waals surface area contributed by atoms with Gasteiger partial charge in [0.25, 0.3) is 0 Å². The molecule has 0 aliphatic rings. The molecule has 1 amide bonds. The Hall–Kier alpha value is -2.99. The summed E-state index contributed by atoms with van der Waals surface area (Å²) in [7, 11) is 0. The summed E-state index contributed by atoms with van der Waals surface area (Å²) in [6, 6.07) is 18.3. The molecule has 0 saturated carbocycles. The molecular formula is C19H21N5O. The van der Waals surface area contributed by atoms with Crippen molar-refractivity contribution in [3.05, 3.63) is 78.4 Å². The zero-order valence-corrected chi connectivity index (χ0v) is 14.1. The largest absolute Gasteiger partial charge is 0.326 e. The number of hydrogen-bond donors (Lipinski definition) is 2. The molecule has 2 N–H and O–H groups in total. The molecule has 6 heteroatoms. The number of amides is 1. The molecular weight excluding hydrogens is 314 g/mol. The van der Waals surface area contributed by atoms with Crippen molar-refractivity contribution in [1.29, 1.82) is 0 Å². The standard InChI is InChI=1S/C19H21N5O/c1-15(25)23-18-9-7-16(8-10-18)11-21-19(12-24-14-20-13-22-24)17-5-3-2-4-6-17/h2-10,13-14,19,21H,11-12H2,1H3,(H,23,25)/t19-/m1/s1. The topological polar surface area (TPSA) is 71.8 Å². The van der Waals surface area contributed by atoms with Crippen LogP contribution in [0, 0.1) is 0 Å². The zero-order chi connectivity index (χ0) is 17.5. The van der Waals surface area contributed by atoms with Gasteiger partial charge in [0.15, 0.2) is 0 Å². The maximum atomic E-state index is 11.1. The average Bonchev–Trinajstić information content (AvgIpc) is 3.13. The van der Waals surface area contributed by atoms with Crippen LogP contribution in [0.1, 0.15) is 24.1 Å². The van der Waals surface area contributed by atoms with Crippen LogP contribution in [-0.2, 0) is 17.9 Å². The summed E-state index contributed by atoms with van der Waals surface area (Å²) in [4.78, 5) is 15.1. The number of nitrogens with zero attached hydrogens (tertiary/aromatic N) is 3. The van der Waals surface area contributed by atoms with Gasteiger partial charge >= 0.3 is 0 Å². The first-order valence-corrected chi connectivity index (χ1v) is 8.18. The average molecular weight is 335 g/mol. The van der Waals surface area contributed by atoms with E-state index >= 15 is 0 Å². The molecule has 128 valence electrons. The Morgan fingerprint density at radius 1 is 1.12 bits per heavy atom. The minimum atomic E-state index is -0.0668. The second-order valence-electron chi connectivity index (χ2n) is 5.84. The molecule has 0 aliphatic carbocycles. The molecule has 1 atom stereocenters. The zero-order valence-electron chi connectivity index (χ0n) is 14.1. The Balaban J connectivity index is 1.67. The van der Waals surface area contributed by atoms with Crippen LogP contribution in [0.3, 0.4) is 0 Å². The quantitative estimate of drug-likeness (QED) is 0.696. The lowest BCUT2D eigenvalue weighted by atomic mass is 10.1. The maximum Gasteiger partial charge on any atom is 0.221 e. The third-order valence-electron chi connectivity index (χ3n) is 3.87. The first kappa shape index (κ1) is 16.9. The lowest BCUT2D eigenvalue weighted by Crippen LogP contribution is -2.25. The molecule has 3 aromatic rings. The minimum absolute atomic E-state index is 0.0668. The van der Waals surface area contributed by atoms with Crippen LogP contribution in [-0.4, -0.2) is 20.7 Å². The molecule has 0 aliphatic heterocycles. The van der Waals surface area contributed by atoms with E-state index in [0.717, 1.165) is 11.3 Å². The van der Waals surface area contributed by atoms with Crippen LogP contribution >= 0.6 is 0 Å². The first-order chi connectivity index (χ1) is 12.2. The fraction of sp³-hybridized carbons (Fsp3) is 0.211. The van der Waals surface area contributed by atoms with Gasteiger partial charge in [-0.15, -0.1) is 0 Å². The van der Waals surface area contributed by atoms with Crippen LogP contribution in [0.5, 0.6) is 0 Å². The van der Waals surface area contributed by atoms with E-state index < -0.39 is 0 Å². The van der Waals surface area contributed by atoms with Crippen LogP contribution in [0.4, 0.5) is 5.69 Å². The van der Waals surface area contributed by atoms with Gasteiger partial charge in [-0.05, 0) is 23.3 Å². The highest BCUT2D eigenvalue weighted by Crippen LogP contribution is 2.16. The number of rotatable bonds is 7. The highest BCUT2D eigenvalue weighted by Gasteiger charge is 2.12. The lowest BCUT2D eigenvalue weighted by Gasteiger charge is -2.19. The number of carbonyl (C=O) groups excluding carboxylic acids is 1. The maximum absolute atomic E-state index is 11.1. The molecule has 6 nitrogen and oxygen atoms in total. The molecule has 25 heavy (non-hydrogen) atoms. The van der Waals surface area contributed by atoms with Crippen molar-refractivity contribution >= 4 is 11.6 Å². The summed E-state index contributed by atoms with van der Waals surface area (Å²) in [5, 5.41) is 10.6. The molecule has 1 aromatic heterocycles. The first-order valence-electron chi connectivity index (χ1n) is 8.18. The fourth-order valence-corrected chi connectivity index (χ4v) is 2.64. The van der Waals surface area contributed by atoms with Crippen molar-refractivity contribution in [1.82, 2.24) is 20.1 Å². The van der Waals surface area contributed by atoms with Gasteiger partial charge in [0.05, 0.1) is 12.6 Å². The molecule has 0 unspecified atom stereocenters. The van der Waals surface area contributed by atoms with Crippen molar-refractivity contribution in [2.24, 2.45) is 0 Å². The van der Waals surface area contributed by atoms with E-state index in [0.29, 0.717) is 13.1 Å². The highest BCUT2D eigenvalue weighted by atomic mass is 16.1. The molecule has 0 radical (unpaired) electrons. The summed E-state index contributed by atoms with van der Waals surface area (Å²) in [6.07, 6.45) is 3.27. The van der Waals surface area contributed by atoms with Gasteiger partial charge in [-0.3, -0.25) is 9.48 Å². The van der Waals surface area contributed by atoms with E-state index in [1.165, 1.54) is 12.5 Å². The number of aromatic nitrogens is 3. The van der Waals surface area contributed by atoms with E-state index in [1.807, 2.05) is 47.1 Å². The minimum Gasteiger partial charge on any atom is -0.326 e. The fourth-order valence-electron chi connectivity index (χ4n) is 2.64. The van der Waals surface area contributed by atoms with Crippen molar-refractivity contribution in [3.8, 4) is 0 Å². The van der Waals surface area contributed by atoms with E-state index in [-0.39, 0.29) is 11.9 Å². The summed E-state index contributed by atoms with van der Waals surface area (Å²) in [5.74, 6) is -0.0668. The van der Waals surface area contributed by atoms with E-state index in [2.05, 4.69) is 32.8 Å². The molecule has 0 spiro atoms. The smallest absolute Gasteiger partial charge is 0.221 e. The summed E-state index contributed by atoms with van der Waals surface area (Å²) in [6.45, 7) is 2.92. The summed E-state index contributed by atoms with van der Waals surface area (Å²) in [5.41, 5.74) is 3.15. The van der Waals surface area contributed by atoms with Crippen LogP contribution < -0.4 is 10.6 Å². The van der Waals surface area contributed by atoms with Crippen molar-refractivity contribution in [2.45, 2.75) is 26.1 Å². The van der Waals surface area contributed by atoms with Crippen molar-refractivity contribution in [2.75, 3.05) is 5.32 Å². The van der Waals surface area contributed by atoms with Gasteiger partial charge in [0.1, 0.15) is 12.7 Å². The van der Waals surface area contributed by atoms with E-state index in [1.54, 1.807) is 12.7 Å².